The molecule has 2 aromatic heterocycles. The quantitative estimate of drug-likeness (QED) is 0.526. The van der Waals surface area contributed by atoms with Crippen molar-refractivity contribution in [2.24, 2.45) is 5.92 Å². The number of amides is 1. The van der Waals surface area contributed by atoms with Crippen molar-refractivity contribution in [3.05, 3.63) is 23.3 Å². The number of fused-ring (bicyclic) bond motifs is 1. The van der Waals surface area contributed by atoms with E-state index < -0.39 is 15.6 Å². The van der Waals surface area contributed by atoms with Crippen LogP contribution in [0.2, 0.25) is 0 Å². The number of hydrogen-bond donors (Lipinski definition) is 1. The lowest BCUT2D eigenvalue weighted by atomic mass is 10.1. The van der Waals surface area contributed by atoms with Crippen molar-refractivity contribution in [3.8, 4) is 11.2 Å². The minimum absolute atomic E-state index is 0.0604. The Hall–Kier alpha value is -3.08. The van der Waals surface area contributed by atoms with E-state index in [1.165, 1.54) is 11.3 Å². The first-order valence-electron chi connectivity index (χ1n) is 11.4. The Balaban J connectivity index is 1.57. The molecule has 2 fully saturated rings. The molecular weight excluding hydrogens is 488 g/mol. The zero-order valence-electron chi connectivity index (χ0n) is 19.7. The summed E-state index contributed by atoms with van der Waals surface area (Å²) in [6.07, 6.45) is 2.69. The molecular formula is C22H26N8O3S2. The fourth-order valence-electron chi connectivity index (χ4n) is 4.23. The maximum absolute atomic E-state index is 13.3. The Bertz CT molecular complexity index is 1440. The Morgan fingerprint density at radius 3 is 2.49 bits per heavy atom. The summed E-state index contributed by atoms with van der Waals surface area (Å²) in [4.78, 5) is 16.4. The summed E-state index contributed by atoms with van der Waals surface area (Å²) in [6.45, 7) is 7.84. The first kappa shape index (κ1) is 23.7. The third kappa shape index (κ3) is 4.37. The number of carbonyl (C=O) groups is 1. The standard InChI is InChI=1S/C22H26N8O3S2/c1-14(2)20(31)29-8-6-28(7-9-29)18-10-16(35(32,33)27-22(13-23)4-5-22)11-19-17(18)12-24-30(19)21-26-25-15(3)34-21/h10-12,14,27H,4-9H2,1-3H3. The van der Waals surface area contributed by atoms with Crippen LogP contribution in [0.1, 0.15) is 31.7 Å². The molecule has 3 aromatic rings. The number of nitriles is 1. The van der Waals surface area contributed by atoms with Crippen molar-refractivity contribution in [2.75, 3.05) is 31.1 Å². The van der Waals surface area contributed by atoms with E-state index in [9.17, 15) is 18.5 Å². The Kier molecular flexibility index (Phi) is 5.77. The summed E-state index contributed by atoms with van der Waals surface area (Å²) >= 11 is 1.36. The molecule has 0 atom stereocenters. The van der Waals surface area contributed by atoms with Crippen molar-refractivity contribution in [2.45, 2.75) is 44.0 Å². The van der Waals surface area contributed by atoms with Gasteiger partial charge in [0.25, 0.3) is 0 Å². The van der Waals surface area contributed by atoms with E-state index in [1.807, 2.05) is 25.7 Å². The lowest BCUT2D eigenvalue weighted by molar-refractivity contribution is -0.134. The zero-order valence-corrected chi connectivity index (χ0v) is 21.4. The number of nitrogens with one attached hydrogen (secondary N) is 1. The predicted octanol–water partition coefficient (Wildman–Crippen LogP) is 1.82. The number of rotatable bonds is 6. The molecule has 1 aromatic carbocycles. The fraction of sp³-hybridized carbons (Fsp3) is 0.500. The van der Waals surface area contributed by atoms with Gasteiger partial charge in [-0.1, -0.05) is 25.2 Å². The molecule has 2 aliphatic rings. The molecule has 13 heteroatoms. The van der Waals surface area contributed by atoms with Gasteiger partial charge in [-0.3, -0.25) is 4.79 Å². The van der Waals surface area contributed by atoms with Gasteiger partial charge in [0.05, 0.1) is 22.7 Å². The van der Waals surface area contributed by atoms with E-state index in [0.717, 1.165) is 10.4 Å². The van der Waals surface area contributed by atoms with Crippen molar-refractivity contribution >= 4 is 43.9 Å². The van der Waals surface area contributed by atoms with Crippen molar-refractivity contribution in [3.63, 3.8) is 0 Å². The van der Waals surface area contributed by atoms with Gasteiger partial charge in [-0.25, -0.2) is 13.1 Å². The normalized spacial score (nSPS) is 17.7. The number of carbonyl (C=O) groups excluding carboxylic acids is 1. The zero-order chi connectivity index (χ0) is 25.0. The second kappa shape index (κ2) is 8.54. The number of sulfonamides is 1. The third-order valence-electron chi connectivity index (χ3n) is 6.37. The van der Waals surface area contributed by atoms with Crippen LogP contribution in [0, 0.1) is 24.2 Å². The minimum Gasteiger partial charge on any atom is -0.367 e. The molecule has 1 saturated heterocycles. The predicted molar refractivity (Wildman–Crippen MR) is 131 cm³/mol. The van der Waals surface area contributed by atoms with Gasteiger partial charge in [-0.2, -0.15) is 15.1 Å². The van der Waals surface area contributed by atoms with E-state index in [2.05, 4.69) is 31.0 Å². The number of aryl methyl sites for hydroxylation is 1. The molecule has 0 spiro atoms. The molecule has 5 rings (SSSR count). The average Bonchev–Trinajstić information content (AvgIpc) is 3.25. The highest BCUT2D eigenvalue weighted by Gasteiger charge is 2.47. The Labute approximate surface area is 207 Å². The van der Waals surface area contributed by atoms with E-state index in [-0.39, 0.29) is 16.7 Å². The number of benzene rings is 1. The topological polar surface area (TPSA) is 137 Å². The fourth-order valence-corrected chi connectivity index (χ4v) is 6.31. The van der Waals surface area contributed by atoms with Crippen molar-refractivity contribution in [1.82, 2.24) is 29.6 Å². The van der Waals surface area contributed by atoms with E-state index in [1.54, 1.807) is 23.0 Å². The Morgan fingerprint density at radius 2 is 1.91 bits per heavy atom. The molecule has 0 unspecified atom stereocenters. The second-order valence-corrected chi connectivity index (χ2v) is 12.1. The van der Waals surface area contributed by atoms with E-state index in [4.69, 9.17) is 0 Å². The maximum atomic E-state index is 13.3. The number of anilines is 1. The molecule has 1 N–H and O–H groups in total. The number of aromatic nitrogens is 4. The molecule has 0 radical (unpaired) electrons. The van der Waals surface area contributed by atoms with Crippen LogP contribution in [0.3, 0.4) is 0 Å². The highest BCUT2D eigenvalue weighted by atomic mass is 32.2. The number of hydrogen-bond acceptors (Lipinski definition) is 9. The lowest BCUT2D eigenvalue weighted by Crippen LogP contribution is -2.50. The summed E-state index contributed by atoms with van der Waals surface area (Å²) in [7, 11) is -3.96. The first-order valence-corrected chi connectivity index (χ1v) is 13.7. The highest BCUT2D eigenvalue weighted by Crippen LogP contribution is 2.38. The van der Waals surface area contributed by atoms with Crippen LogP contribution in [-0.2, 0) is 14.8 Å². The molecule has 184 valence electrons. The third-order valence-corrected chi connectivity index (χ3v) is 8.70. The molecule has 11 nitrogen and oxygen atoms in total. The Morgan fingerprint density at radius 1 is 1.20 bits per heavy atom. The smallest absolute Gasteiger partial charge is 0.242 e. The maximum Gasteiger partial charge on any atom is 0.242 e. The van der Waals surface area contributed by atoms with Crippen LogP contribution < -0.4 is 9.62 Å². The van der Waals surface area contributed by atoms with Gasteiger partial charge in [-0.05, 0) is 31.9 Å². The van der Waals surface area contributed by atoms with Crippen molar-refractivity contribution in [1.29, 1.82) is 5.26 Å². The average molecular weight is 515 g/mol. The van der Waals surface area contributed by atoms with Gasteiger partial charge in [0, 0.05) is 43.2 Å². The van der Waals surface area contributed by atoms with Crippen LogP contribution in [0.25, 0.3) is 16.0 Å². The summed E-state index contributed by atoms with van der Waals surface area (Å²) in [6, 6.07) is 5.28. The summed E-state index contributed by atoms with van der Waals surface area (Å²) < 4.78 is 30.8. The van der Waals surface area contributed by atoms with Gasteiger partial charge < -0.3 is 9.80 Å². The summed E-state index contributed by atoms with van der Waals surface area (Å²) in [5.74, 6) is 0.0392. The van der Waals surface area contributed by atoms with Gasteiger partial charge >= 0.3 is 0 Å². The van der Waals surface area contributed by atoms with E-state index in [0.29, 0.717) is 55.4 Å². The summed E-state index contributed by atoms with van der Waals surface area (Å²) in [5, 5.41) is 24.2. The van der Waals surface area contributed by atoms with E-state index >= 15 is 0 Å². The SMILES string of the molecule is Cc1nnc(-n2ncc3c(N4CCN(C(=O)C(C)C)CC4)cc(S(=O)(=O)NC4(C#N)CC4)cc32)s1. The van der Waals surface area contributed by atoms with Crippen LogP contribution in [-0.4, -0.2) is 70.9 Å². The first-order chi connectivity index (χ1) is 16.6. The van der Waals surface area contributed by atoms with Crippen LogP contribution in [0.5, 0.6) is 0 Å². The van der Waals surface area contributed by atoms with Gasteiger partial charge in [-0.15, -0.1) is 10.2 Å². The monoisotopic (exact) mass is 514 g/mol. The van der Waals surface area contributed by atoms with Gasteiger partial charge in [0.1, 0.15) is 10.5 Å². The second-order valence-electron chi connectivity index (χ2n) is 9.30. The van der Waals surface area contributed by atoms with Gasteiger partial charge in [0.15, 0.2) is 0 Å². The summed E-state index contributed by atoms with van der Waals surface area (Å²) in [5.41, 5.74) is 0.267. The van der Waals surface area contributed by atoms with Crippen LogP contribution >= 0.6 is 11.3 Å². The molecule has 1 aliphatic carbocycles. The van der Waals surface area contributed by atoms with Crippen LogP contribution in [0.15, 0.2) is 23.2 Å². The molecule has 0 bridgehead atoms. The highest BCUT2D eigenvalue weighted by molar-refractivity contribution is 7.89. The molecule has 35 heavy (non-hydrogen) atoms. The largest absolute Gasteiger partial charge is 0.367 e. The van der Waals surface area contributed by atoms with Gasteiger partial charge in [0.2, 0.25) is 21.1 Å². The molecule has 1 amide bonds. The lowest BCUT2D eigenvalue weighted by Gasteiger charge is -2.37. The minimum atomic E-state index is -3.96. The number of piperazine rings is 1. The van der Waals surface area contributed by atoms with Crippen LogP contribution in [0.4, 0.5) is 5.69 Å². The molecule has 1 aliphatic heterocycles. The van der Waals surface area contributed by atoms with Crippen molar-refractivity contribution < 1.29 is 13.2 Å². The number of nitrogens with zero attached hydrogens (tertiary/aromatic N) is 7. The molecule has 3 heterocycles. The molecule has 1 saturated carbocycles.